The van der Waals surface area contributed by atoms with Gasteiger partial charge in [-0.2, -0.15) is 0 Å². The number of ether oxygens (including phenoxy) is 1. The second kappa shape index (κ2) is 9.22. The Morgan fingerprint density at radius 1 is 1.14 bits per heavy atom. The highest BCUT2D eigenvalue weighted by atomic mass is 19.1. The van der Waals surface area contributed by atoms with E-state index in [1.165, 1.54) is 30.3 Å². The van der Waals surface area contributed by atoms with E-state index in [9.17, 15) is 14.0 Å². The maximum atomic E-state index is 13.1. The monoisotopic (exact) mass is 380 g/mol. The molecule has 0 atom stereocenters. The highest BCUT2D eigenvalue weighted by Gasteiger charge is 2.07. The molecule has 7 nitrogen and oxygen atoms in total. The molecule has 28 heavy (non-hydrogen) atoms. The summed E-state index contributed by atoms with van der Waals surface area (Å²) in [5, 5.41) is 10.4. The molecule has 0 radical (unpaired) electrons. The van der Waals surface area contributed by atoms with Crippen molar-refractivity contribution in [2.24, 2.45) is 0 Å². The van der Waals surface area contributed by atoms with E-state index in [0.29, 0.717) is 12.2 Å². The average molecular weight is 380 g/mol. The van der Waals surface area contributed by atoms with E-state index in [1.54, 1.807) is 10.9 Å². The fraction of sp³-hybridized carbons (Fsp3) is 0.100. The van der Waals surface area contributed by atoms with Crippen LogP contribution in [0.25, 0.3) is 6.08 Å². The first-order valence-corrected chi connectivity index (χ1v) is 8.43. The van der Waals surface area contributed by atoms with Gasteiger partial charge in [0.1, 0.15) is 11.5 Å². The van der Waals surface area contributed by atoms with Gasteiger partial charge in [0.15, 0.2) is 6.61 Å². The van der Waals surface area contributed by atoms with E-state index < -0.39 is 24.3 Å². The highest BCUT2D eigenvalue weighted by molar-refractivity contribution is 5.94. The highest BCUT2D eigenvalue weighted by Crippen LogP contribution is 2.09. The summed E-state index contributed by atoms with van der Waals surface area (Å²) in [6.45, 7) is 0.0762. The van der Waals surface area contributed by atoms with Crippen molar-refractivity contribution < 1.29 is 18.7 Å². The predicted molar refractivity (Wildman–Crippen MR) is 101 cm³/mol. The zero-order chi connectivity index (χ0) is 19.8. The molecule has 0 aliphatic heterocycles. The summed E-state index contributed by atoms with van der Waals surface area (Å²) in [7, 11) is 0. The molecule has 0 fully saturated rings. The number of carbonyl (C=O) groups excluding carboxylic acids is 2. The number of esters is 1. The normalized spacial score (nSPS) is 10.8. The van der Waals surface area contributed by atoms with E-state index in [1.807, 2.05) is 30.3 Å². The van der Waals surface area contributed by atoms with E-state index in [4.69, 9.17) is 4.74 Å². The molecule has 0 aliphatic carbocycles. The number of carbonyl (C=O) groups is 2. The summed E-state index contributed by atoms with van der Waals surface area (Å²) in [4.78, 5) is 23.4. The topological polar surface area (TPSA) is 86.1 Å². The lowest BCUT2D eigenvalue weighted by molar-refractivity contribution is -0.142. The summed E-state index contributed by atoms with van der Waals surface area (Å²) in [5.41, 5.74) is 1.84. The quantitative estimate of drug-likeness (QED) is 0.503. The first kappa shape index (κ1) is 19.0. The van der Waals surface area contributed by atoms with Crippen LogP contribution < -0.4 is 5.32 Å². The molecule has 8 heteroatoms. The van der Waals surface area contributed by atoms with Gasteiger partial charge in [-0.1, -0.05) is 41.6 Å². The summed E-state index contributed by atoms with van der Waals surface area (Å²) in [6, 6.07) is 15.2. The number of rotatable bonds is 7. The number of hydrogen-bond acceptors (Lipinski definition) is 5. The van der Waals surface area contributed by atoms with Crippen LogP contribution in [0.15, 0.2) is 66.9 Å². The zero-order valence-corrected chi connectivity index (χ0v) is 14.8. The van der Waals surface area contributed by atoms with Crippen LogP contribution in [-0.4, -0.2) is 33.5 Å². The molecule has 0 saturated carbocycles. The van der Waals surface area contributed by atoms with Gasteiger partial charge in [0.25, 0.3) is 5.91 Å². The maximum absolute atomic E-state index is 13.1. The Balaban J connectivity index is 1.45. The number of nitrogens with one attached hydrogen (secondary N) is 1. The Labute approximate surface area is 160 Å². The third kappa shape index (κ3) is 5.87. The van der Waals surface area contributed by atoms with E-state index in [0.717, 1.165) is 11.6 Å². The number of anilines is 1. The summed E-state index contributed by atoms with van der Waals surface area (Å²) in [6.07, 6.45) is 4.29. The van der Waals surface area contributed by atoms with Crippen LogP contribution in [0.3, 0.4) is 0 Å². The number of halogens is 1. The van der Waals surface area contributed by atoms with Crippen LogP contribution in [0.5, 0.6) is 0 Å². The third-order valence-corrected chi connectivity index (χ3v) is 3.59. The number of benzene rings is 2. The number of amides is 1. The molecule has 1 amide bonds. The van der Waals surface area contributed by atoms with Crippen LogP contribution in [0.2, 0.25) is 0 Å². The van der Waals surface area contributed by atoms with Gasteiger partial charge in [0.2, 0.25) is 0 Å². The second-order valence-electron chi connectivity index (χ2n) is 5.83. The summed E-state index contributed by atoms with van der Waals surface area (Å²) >= 11 is 0. The Morgan fingerprint density at radius 2 is 1.96 bits per heavy atom. The van der Waals surface area contributed by atoms with Crippen molar-refractivity contribution in [3.8, 4) is 0 Å². The standard InChI is InChI=1S/C20H17FN4O3/c21-16-7-4-8-17(11-16)22-19(26)14-28-20(27)10-9-18-13-25(24-23-18)12-15-5-2-1-3-6-15/h1-11,13H,12,14H2,(H,22,26)/b10-9+. The van der Waals surface area contributed by atoms with Crippen molar-refractivity contribution in [1.29, 1.82) is 0 Å². The average Bonchev–Trinajstić information content (AvgIpc) is 3.13. The second-order valence-corrected chi connectivity index (χ2v) is 5.83. The SMILES string of the molecule is O=C(COC(=O)/C=C/c1cn(Cc2ccccc2)nn1)Nc1cccc(F)c1. The van der Waals surface area contributed by atoms with Crippen LogP contribution in [0.4, 0.5) is 10.1 Å². The smallest absolute Gasteiger partial charge is 0.331 e. The third-order valence-electron chi connectivity index (χ3n) is 3.59. The first-order chi connectivity index (χ1) is 13.6. The molecule has 1 N–H and O–H groups in total. The Kier molecular flexibility index (Phi) is 6.25. The predicted octanol–water partition coefficient (Wildman–Crippen LogP) is 2.66. The molecule has 1 aromatic heterocycles. The van der Waals surface area contributed by atoms with Gasteiger partial charge >= 0.3 is 5.97 Å². The van der Waals surface area contributed by atoms with Gasteiger partial charge in [-0.25, -0.2) is 13.9 Å². The van der Waals surface area contributed by atoms with Gasteiger partial charge in [-0.15, -0.1) is 5.10 Å². The maximum Gasteiger partial charge on any atom is 0.331 e. The Morgan fingerprint density at radius 3 is 2.75 bits per heavy atom. The molecule has 142 valence electrons. The molecular formula is C20H17FN4O3. The zero-order valence-electron chi connectivity index (χ0n) is 14.8. The van der Waals surface area contributed by atoms with E-state index >= 15 is 0 Å². The molecule has 3 rings (SSSR count). The minimum absolute atomic E-state index is 0.284. The first-order valence-electron chi connectivity index (χ1n) is 8.43. The van der Waals surface area contributed by atoms with Gasteiger partial charge in [0.05, 0.1) is 12.7 Å². The summed E-state index contributed by atoms with van der Waals surface area (Å²) in [5.74, 6) is -1.74. The van der Waals surface area contributed by atoms with Crippen LogP contribution in [0.1, 0.15) is 11.3 Å². The molecule has 0 saturated heterocycles. The van der Waals surface area contributed by atoms with Crippen molar-refractivity contribution in [2.75, 3.05) is 11.9 Å². The lowest BCUT2D eigenvalue weighted by atomic mass is 10.2. The van der Waals surface area contributed by atoms with Gasteiger partial charge in [-0.05, 0) is 29.8 Å². The molecule has 2 aromatic carbocycles. The lowest BCUT2D eigenvalue weighted by Gasteiger charge is -2.05. The van der Waals surface area contributed by atoms with Gasteiger partial charge < -0.3 is 10.1 Å². The van der Waals surface area contributed by atoms with E-state index in [2.05, 4.69) is 15.6 Å². The molecule has 0 unspecified atom stereocenters. The largest absolute Gasteiger partial charge is 0.452 e. The molecule has 1 heterocycles. The summed E-state index contributed by atoms with van der Waals surface area (Å²) < 4.78 is 19.5. The van der Waals surface area contributed by atoms with Gasteiger partial charge in [0, 0.05) is 11.8 Å². The lowest BCUT2D eigenvalue weighted by Crippen LogP contribution is -2.20. The Bertz CT molecular complexity index is 986. The molecule has 3 aromatic rings. The number of aromatic nitrogens is 3. The van der Waals surface area contributed by atoms with Crippen LogP contribution in [-0.2, 0) is 20.9 Å². The van der Waals surface area contributed by atoms with Crippen molar-refractivity contribution in [2.45, 2.75) is 6.54 Å². The van der Waals surface area contributed by atoms with Crippen LogP contribution >= 0.6 is 0 Å². The number of hydrogen-bond donors (Lipinski definition) is 1. The van der Waals surface area contributed by atoms with Crippen molar-refractivity contribution in [3.05, 3.63) is 83.9 Å². The molecule has 0 spiro atoms. The minimum Gasteiger partial charge on any atom is -0.452 e. The molecular weight excluding hydrogens is 363 g/mol. The minimum atomic E-state index is -0.702. The van der Waals surface area contributed by atoms with Crippen molar-refractivity contribution in [3.63, 3.8) is 0 Å². The van der Waals surface area contributed by atoms with Crippen molar-refractivity contribution in [1.82, 2.24) is 15.0 Å². The number of nitrogens with zero attached hydrogens (tertiary/aromatic N) is 3. The van der Waals surface area contributed by atoms with E-state index in [-0.39, 0.29) is 5.69 Å². The van der Waals surface area contributed by atoms with Gasteiger partial charge in [-0.3, -0.25) is 4.79 Å². The molecule has 0 aliphatic rings. The Hall–Kier alpha value is -3.81. The molecule has 0 bridgehead atoms. The van der Waals surface area contributed by atoms with Crippen molar-refractivity contribution >= 4 is 23.6 Å². The fourth-order valence-corrected chi connectivity index (χ4v) is 2.34. The fourth-order valence-electron chi connectivity index (χ4n) is 2.34. The van der Waals surface area contributed by atoms with Crippen LogP contribution in [0, 0.1) is 5.82 Å².